The summed E-state index contributed by atoms with van der Waals surface area (Å²) in [6.07, 6.45) is 6.92. The summed E-state index contributed by atoms with van der Waals surface area (Å²) >= 11 is 0. The Morgan fingerprint density at radius 3 is 2.62 bits per heavy atom. The van der Waals surface area contributed by atoms with Crippen molar-refractivity contribution in [3.8, 4) is 0 Å². The number of rotatable bonds is 5. The van der Waals surface area contributed by atoms with Gasteiger partial charge in [-0.3, -0.25) is 0 Å². The monoisotopic (exact) mass is 286 g/mol. The van der Waals surface area contributed by atoms with E-state index >= 15 is 0 Å². The topological polar surface area (TPSA) is 15.3 Å². The lowest BCUT2D eigenvalue weighted by atomic mass is 9.91. The summed E-state index contributed by atoms with van der Waals surface area (Å²) in [5.74, 6) is 0. The van der Waals surface area contributed by atoms with Crippen molar-refractivity contribution < 1.29 is 0 Å². The first-order chi connectivity index (χ1) is 10.2. The maximum atomic E-state index is 3.80. The Bertz CT molecular complexity index is 452. The molecule has 1 saturated heterocycles. The number of hydrogen-bond donors (Lipinski definition) is 1. The molecule has 1 aromatic carbocycles. The predicted octanol–water partition coefficient (Wildman–Crippen LogP) is 3.78. The van der Waals surface area contributed by atoms with Gasteiger partial charge in [-0.1, -0.05) is 43.7 Å². The van der Waals surface area contributed by atoms with E-state index in [2.05, 4.69) is 54.4 Å². The highest BCUT2D eigenvalue weighted by atomic mass is 15.2. The molecule has 1 aliphatic carbocycles. The molecular weight excluding hydrogens is 256 g/mol. The van der Waals surface area contributed by atoms with Gasteiger partial charge in [0.15, 0.2) is 0 Å². The lowest BCUT2D eigenvalue weighted by Crippen LogP contribution is -2.47. The van der Waals surface area contributed by atoms with Crippen LogP contribution in [0.1, 0.15) is 51.5 Å². The van der Waals surface area contributed by atoms with E-state index in [-0.39, 0.29) is 5.54 Å². The Kier molecular flexibility index (Phi) is 4.37. The molecule has 0 radical (unpaired) electrons. The van der Waals surface area contributed by atoms with Crippen LogP contribution in [0.3, 0.4) is 0 Å². The fraction of sp³-hybridized carbons (Fsp3) is 0.684. The average Bonchev–Trinajstić information content (AvgIpc) is 3.26. The van der Waals surface area contributed by atoms with Crippen molar-refractivity contribution in [2.24, 2.45) is 5.41 Å². The lowest BCUT2D eigenvalue weighted by Gasteiger charge is -2.35. The van der Waals surface area contributed by atoms with Gasteiger partial charge in [0.25, 0.3) is 0 Å². The molecule has 2 fully saturated rings. The van der Waals surface area contributed by atoms with Crippen molar-refractivity contribution in [3.63, 3.8) is 0 Å². The molecule has 1 aliphatic heterocycles. The lowest BCUT2D eigenvalue weighted by molar-refractivity contribution is 0.178. The molecule has 1 N–H and O–H groups in total. The first-order valence-electron chi connectivity index (χ1n) is 8.69. The van der Waals surface area contributed by atoms with E-state index in [1.54, 1.807) is 0 Å². The number of nitrogens with zero attached hydrogens (tertiary/aromatic N) is 1. The van der Waals surface area contributed by atoms with E-state index in [1.165, 1.54) is 50.8 Å². The molecule has 1 aromatic rings. The third kappa shape index (κ3) is 3.49. The van der Waals surface area contributed by atoms with Gasteiger partial charge >= 0.3 is 0 Å². The standard InChI is InChI=1S/C19H30N2/c1-3-10-19(11-12-19)16-21-14-7-13-20-18(2,15-21)17-8-5-4-6-9-17/h4-6,8-9,20H,3,7,10-16H2,1-2H3. The van der Waals surface area contributed by atoms with Crippen molar-refractivity contribution >= 4 is 0 Å². The first-order valence-corrected chi connectivity index (χ1v) is 8.69. The number of nitrogens with one attached hydrogen (secondary N) is 1. The van der Waals surface area contributed by atoms with Crippen molar-refractivity contribution in [1.82, 2.24) is 10.2 Å². The van der Waals surface area contributed by atoms with Crippen molar-refractivity contribution in [2.45, 2.75) is 51.5 Å². The minimum absolute atomic E-state index is 0.0973. The van der Waals surface area contributed by atoms with Gasteiger partial charge in [-0.25, -0.2) is 0 Å². The molecule has 1 heterocycles. The summed E-state index contributed by atoms with van der Waals surface area (Å²) in [6.45, 7) is 9.54. The average molecular weight is 286 g/mol. The first kappa shape index (κ1) is 15.1. The summed E-state index contributed by atoms with van der Waals surface area (Å²) in [4.78, 5) is 2.73. The molecule has 0 amide bonds. The Morgan fingerprint density at radius 2 is 1.95 bits per heavy atom. The third-order valence-electron chi connectivity index (χ3n) is 5.41. The van der Waals surface area contributed by atoms with Gasteiger partial charge in [0.1, 0.15) is 0 Å². The molecule has 0 bridgehead atoms. The van der Waals surface area contributed by atoms with E-state index in [9.17, 15) is 0 Å². The third-order valence-corrected chi connectivity index (χ3v) is 5.41. The highest BCUT2D eigenvalue weighted by molar-refractivity contribution is 5.24. The van der Waals surface area contributed by atoms with Crippen LogP contribution < -0.4 is 5.32 Å². The Hall–Kier alpha value is -0.860. The maximum Gasteiger partial charge on any atom is 0.0534 e. The van der Waals surface area contributed by atoms with Crippen LogP contribution in [0.4, 0.5) is 0 Å². The van der Waals surface area contributed by atoms with Crippen LogP contribution in [0.25, 0.3) is 0 Å². The summed E-state index contributed by atoms with van der Waals surface area (Å²) in [7, 11) is 0. The van der Waals surface area contributed by atoms with E-state index in [0.717, 1.165) is 13.1 Å². The number of benzene rings is 1. The SMILES string of the molecule is CCCC1(CN2CCCNC(C)(c3ccccc3)C2)CC1. The van der Waals surface area contributed by atoms with Gasteiger partial charge in [0, 0.05) is 13.1 Å². The van der Waals surface area contributed by atoms with Crippen LogP contribution in [0, 0.1) is 5.41 Å². The van der Waals surface area contributed by atoms with Gasteiger partial charge in [-0.2, -0.15) is 0 Å². The minimum Gasteiger partial charge on any atom is -0.307 e. The molecule has 3 rings (SSSR count). The minimum atomic E-state index is 0.0973. The van der Waals surface area contributed by atoms with Gasteiger partial charge in [-0.05, 0) is 56.7 Å². The second-order valence-electron chi connectivity index (χ2n) is 7.44. The van der Waals surface area contributed by atoms with Crippen LogP contribution in [-0.2, 0) is 5.54 Å². The van der Waals surface area contributed by atoms with Crippen LogP contribution in [0.5, 0.6) is 0 Å². The largest absolute Gasteiger partial charge is 0.307 e. The zero-order valence-electron chi connectivity index (χ0n) is 13.7. The predicted molar refractivity (Wildman–Crippen MR) is 89.4 cm³/mol. The second-order valence-corrected chi connectivity index (χ2v) is 7.44. The molecule has 1 saturated carbocycles. The van der Waals surface area contributed by atoms with E-state index in [4.69, 9.17) is 0 Å². The van der Waals surface area contributed by atoms with E-state index in [0.29, 0.717) is 5.41 Å². The maximum absolute atomic E-state index is 3.80. The van der Waals surface area contributed by atoms with Gasteiger partial charge < -0.3 is 10.2 Å². The Labute approximate surface area is 129 Å². The molecular formula is C19H30N2. The van der Waals surface area contributed by atoms with Crippen molar-refractivity contribution in [1.29, 1.82) is 0 Å². The Morgan fingerprint density at radius 1 is 1.19 bits per heavy atom. The van der Waals surface area contributed by atoms with E-state index < -0.39 is 0 Å². The molecule has 0 aromatic heterocycles. The molecule has 21 heavy (non-hydrogen) atoms. The molecule has 2 nitrogen and oxygen atoms in total. The van der Waals surface area contributed by atoms with Crippen molar-refractivity contribution in [3.05, 3.63) is 35.9 Å². The highest BCUT2D eigenvalue weighted by Crippen LogP contribution is 2.50. The van der Waals surface area contributed by atoms with Gasteiger partial charge in [-0.15, -0.1) is 0 Å². The fourth-order valence-electron chi connectivity index (χ4n) is 4.05. The molecule has 0 spiro atoms. The molecule has 1 atom stereocenters. The normalized spacial score (nSPS) is 29.0. The van der Waals surface area contributed by atoms with Crippen LogP contribution in [-0.4, -0.2) is 31.1 Å². The zero-order valence-corrected chi connectivity index (χ0v) is 13.7. The van der Waals surface area contributed by atoms with Gasteiger partial charge in [0.2, 0.25) is 0 Å². The summed E-state index contributed by atoms with van der Waals surface area (Å²) in [6, 6.07) is 11.0. The quantitative estimate of drug-likeness (QED) is 0.886. The van der Waals surface area contributed by atoms with Crippen LogP contribution >= 0.6 is 0 Å². The molecule has 116 valence electrons. The van der Waals surface area contributed by atoms with Crippen molar-refractivity contribution in [2.75, 3.05) is 26.2 Å². The van der Waals surface area contributed by atoms with Gasteiger partial charge in [0.05, 0.1) is 5.54 Å². The number of hydrogen-bond acceptors (Lipinski definition) is 2. The molecule has 1 unspecified atom stereocenters. The summed E-state index contributed by atoms with van der Waals surface area (Å²) in [5.41, 5.74) is 2.19. The molecule has 2 aliphatic rings. The highest BCUT2D eigenvalue weighted by Gasteiger charge is 2.44. The Balaban J connectivity index is 1.72. The van der Waals surface area contributed by atoms with Crippen LogP contribution in [0.15, 0.2) is 30.3 Å². The summed E-state index contributed by atoms with van der Waals surface area (Å²) in [5, 5.41) is 3.80. The summed E-state index contributed by atoms with van der Waals surface area (Å²) < 4.78 is 0. The van der Waals surface area contributed by atoms with E-state index in [1.807, 2.05) is 0 Å². The second kappa shape index (κ2) is 6.10. The zero-order chi connectivity index (χ0) is 14.8. The molecule has 2 heteroatoms. The smallest absolute Gasteiger partial charge is 0.0534 e. The van der Waals surface area contributed by atoms with Crippen LogP contribution in [0.2, 0.25) is 0 Å². The fourth-order valence-corrected chi connectivity index (χ4v) is 4.05.